The Balaban J connectivity index is 2.58. The van der Waals surface area contributed by atoms with Crippen LogP contribution in [0.2, 0.25) is 0 Å². The number of halogens is 1. The van der Waals surface area contributed by atoms with Gasteiger partial charge in [-0.1, -0.05) is 0 Å². The average Bonchev–Trinajstić information content (AvgIpc) is 2.73. The van der Waals surface area contributed by atoms with Crippen molar-refractivity contribution in [3.63, 3.8) is 0 Å². The Morgan fingerprint density at radius 2 is 2.41 bits per heavy atom. The zero-order chi connectivity index (χ0) is 12.4. The van der Waals surface area contributed by atoms with E-state index in [0.717, 1.165) is 27.1 Å². The van der Waals surface area contributed by atoms with Crippen molar-refractivity contribution in [2.24, 2.45) is 0 Å². The molecule has 0 N–H and O–H groups in total. The van der Waals surface area contributed by atoms with Gasteiger partial charge in [0, 0.05) is 11.1 Å². The van der Waals surface area contributed by atoms with Crippen molar-refractivity contribution in [3.8, 4) is 0 Å². The minimum Gasteiger partial charge on any atom is -0.461 e. The van der Waals surface area contributed by atoms with Crippen LogP contribution in [0.25, 0.3) is 5.65 Å². The van der Waals surface area contributed by atoms with Crippen molar-refractivity contribution < 1.29 is 9.53 Å². The number of hydrogen-bond donors (Lipinski definition) is 0. The number of aromatic nitrogens is 2. The second kappa shape index (κ2) is 4.98. The Hall–Kier alpha value is -1.20. The van der Waals surface area contributed by atoms with Gasteiger partial charge in [-0.25, -0.2) is 9.78 Å². The summed E-state index contributed by atoms with van der Waals surface area (Å²) in [4.78, 5) is 16.8. The fourth-order valence-electron chi connectivity index (χ4n) is 1.62. The lowest BCUT2D eigenvalue weighted by molar-refractivity contribution is 0.0518. The topological polar surface area (TPSA) is 43.6 Å². The predicted octanol–water partition coefficient (Wildman–Crippen LogP) is 3.07. The van der Waals surface area contributed by atoms with Crippen LogP contribution in [0, 0.1) is 6.92 Å². The van der Waals surface area contributed by atoms with Crippen molar-refractivity contribution in [2.45, 2.75) is 18.7 Å². The van der Waals surface area contributed by atoms with E-state index >= 15 is 0 Å². The number of esters is 1. The van der Waals surface area contributed by atoms with Gasteiger partial charge in [0.1, 0.15) is 5.65 Å². The highest BCUT2D eigenvalue weighted by Gasteiger charge is 2.14. The molecule has 90 valence electrons. The minimum atomic E-state index is -0.379. The molecule has 0 saturated heterocycles. The van der Waals surface area contributed by atoms with Crippen LogP contribution in [0.15, 0.2) is 23.4 Å². The van der Waals surface area contributed by atoms with E-state index in [1.54, 1.807) is 17.5 Å². The van der Waals surface area contributed by atoms with E-state index in [0.29, 0.717) is 12.3 Å². The number of imidazole rings is 1. The van der Waals surface area contributed by atoms with Gasteiger partial charge >= 0.3 is 5.97 Å². The van der Waals surface area contributed by atoms with E-state index < -0.39 is 0 Å². The van der Waals surface area contributed by atoms with Crippen LogP contribution in [-0.2, 0) is 4.74 Å². The van der Waals surface area contributed by atoms with E-state index in [1.807, 2.05) is 13.0 Å². The van der Waals surface area contributed by atoms with Crippen LogP contribution < -0.4 is 0 Å². The number of carbonyl (C=O) groups excluding carboxylic acids is 1. The molecule has 17 heavy (non-hydrogen) atoms. The number of pyridine rings is 1. The van der Waals surface area contributed by atoms with Crippen LogP contribution in [0.1, 0.15) is 23.0 Å². The van der Waals surface area contributed by atoms with Crippen LogP contribution in [0.3, 0.4) is 0 Å². The van der Waals surface area contributed by atoms with Crippen molar-refractivity contribution in [1.82, 2.24) is 9.38 Å². The molecule has 0 aliphatic carbocycles. The molecule has 0 fully saturated rings. The molecule has 0 aliphatic heterocycles. The molecule has 2 aromatic rings. The summed E-state index contributed by atoms with van der Waals surface area (Å²) in [6, 6.07) is 1.93. The Labute approximate surface area is 107 Å². The molecule has 2 heterocycles. The fourth-order valence-corrected chi connectivity index (χ4v) is 2.24. The molecule has 0 bridgehead atoms. The van der Waals surface area contributed by atoms with E-state index in [2.05, 4.69) is 4.98 Å². The van der Waals surface area contributed by atoms with Crippen molar-refractivity contribution in [2.75, 3.05) is 6.61 Å². The van der Waals surface area contributed by atoms with Gasteiger partial charge in [-0.15, -0.1) is 0 Å². The summed E-state index contributed by atoms with van der Waals surface area (Å²) in [6.45, 7) is 4.04. The predicted molar refractivity (Wildman–Crippen MR) is 67.6 cm³/mol. The summed E-state index contributed by atoms with van der Waals surface area (Å²) in [7, 11) is 6.83. The van der Waals surface area contributed by atoms with Crippen molar-refractivity contribution in [1.29, 1.82) is 0 Å². The highest BCUT2D eigenvalue weighted by Crippen LogP contribution is 2.25. The first-order valence-corrected chi connectivity index (χ1v) is 6.75. The third kappa shape index (κ3) is 2.25. The van der Waals surface area contributed by atoms with Gasteiger partial charge < -0.3 is 4.74 Å². The molecule has 0 unspecified atom stereocenters. The number of carbonyl (C=O) groups is 1. The second-order valence-electron chi connectivity index (χ2n) is 3.49. The SMILES string of the molecule is CCOC(=O)c1cnc2c(C)cc(SCl)cn12. The average molecular weight is 271 g/mol. The number of ether oxygens (including phenoxy) is 1. The molecule has 0 amide bonds. The molecule has 0 radical (unpaired) electrons. The highest BCUT2D eigenvalue weighted by molar-refractivity contribution is 8.21. The lowest BCUT2D eigenvalue weighted by Crippen LogP contribution is -2.08. The quantitative estimate of drug-likeness (QED) is 0.804. The summed E-state index contributed by atoms with van der Waals surface area (Å²) < 4.78 is 6.67. The Morgan fingerprint density at radius 1 is 1.65 bits per heavy atom. The summed E-state index contributed by atoms with van der Waals surface area (Å²) in [6.07, 6.45) is 3.29. The molecule has 2 aromatic heterocycles. The minimum absolute atomic E-state index is 0.342. The number of rotatable bonds is 3. The van der Waals surface area contributed by atoms with Crippen LogP contribution in [0.5, 0.6) is 0 Å². The third-order valence-corrected chi connectivity index (χ3v) is 3.27. The number of aryl methyl sites for hydroxylation is 1. The van der Waals surface area contributed by atoms with Gasteiger partial charge in [-0.05, 0) is 47.1 Å². The first-order valence-electron chi connectivity index (χ1n) is 5.10. The largest absolute Gasteiger partial charge is 0.461 e. The summed E-state index contributed by atoms with van der Waals surface area (Å²) in [5, 5.41) is 0. The zero-order valence-corrected chi connectivity index (χ0v) is 11.0. The molecular formula is C11H11ClN2O2S. The first kappa shape index (κ1) is 12.3. The summed E-state index contributed by atoms with van der Waals surface area (Å²) >= 11 is 0. The molecular weight excluding hydrogens is 260 g/mol. The van der Waals surface area contributed by atoms with Gasteiger partial charge in [0.2, 0.25) is 0 Å². The molecule has 0 spiro atoms. The third-order valence-electron chi connectivity index (χ3n) is 2.34. The molecule has 4 nitrogen and oxygen atoms in total. The van der Waals surface area contributed by atoms with E-state index in [4.69, 9.17) is 15.4 Å². The number of fused-ring (bicyclic) bond motifs is 1. The van der Waals surface area contributed by atoms with Crippen LogP contribution >= 0.6 is 21.7 Å². The smallest absolute Gasteiger partial charge is 0.356 e. The number of nitrogens with zero attached hydrogens (tertiary/aromatic N) is 2. The maximum absolute atomic E-state index is 11.7. The molecule has 0 aromatic carbocycles. The Bertz CT molecular complexity index is 568. The monoisotopic (exact) mass is 270 g/mol. The molecule has 0 atom stereocenters. The molecule has 0 aliphatic rings. The van der Waals surface area contributed by atoms with Gasteiger partial charge in [0.25, 0.3) is 0 Å². The van der Waals surface area contributed by atoms with Gasteiger partial charge in [-0.3, -0.25) is 4.40 Å². The van der Waals surface area contributed by atoms with Gasteiger partial charge in [-0.2, -0.15) is 0 Å². The maximum atomic E-state index is 11.7. The first-order chi connectivity index (χ1) is 8.17. The lowest BCUT2D eigenvalue weighted by atomic mass is 10.3. The highest BCUT2D eigenvalue weighted by atomic mass is 35.7. The second-order valence-corrected chi connectivity index (χ2v) is 4.58. The summed E-state index contributed by atoms with van der Waals surface area (Å²) in [5.74, 6) is -0.379. The maximum Gasteiger partial charge on any atom is 0.356 e. The van der Waals surface area contributed by atoms with Crippen LogP contribution in [0.4, 0.5) is 0 Å². The van der Waals surface area contributed by atoms with Crippen molar-refractivity contribution in [3.05, 3.63) is 29.7 Å². The molecule has 2 rings (SSSR count). The zero-order valence-electron chi connectivity index (χ0n) is 9.44. The Kier molecular flexibility index (Phi) is 3.59. The normalized spacial score (nSPS) is 10.8. The Morgan fingerprint density at radius 3 is 3.06 bits per heavy atom. The van der Waals surface area contributed by atoms with E-state index in [-0.39, 0.29) is 5.97 Å². The molecule has 0 saturated carbocycles. The van der Waals surface area contributed by atoms with Crippen molar-refractivity contribution >= 4 is 33.3 Å². The van der Waals surface area contributed by atoms with Gasteiger partial charge in [0.15, 0.2) is 5.69 Å². The van der Waals surface area contributed by atoms with Crippen LogP contribution in [-0.4, -0.2) is 22.0 Å². The molecule has 6 heteroatoms. The number of hydrogen-bond acceptors (Lipinski definition) is 4. The van der Waals surface area contributed by atoms with Gasteiger partial charge in [0.05, 0.1) is 12.8 Å². The summed E-state index contributed by atoms with van der Waals surface area (Å²) in [5.41, 5.74) is 2.12. The lowest BCUT2D eigenvalue weighted by Gasteiger charge is -2.04. The van der Waals surface area contributed by atoms with E-state index in [1.165, 1.54) is 6.20 Å². The standard InChI is InChI=1S/C11H11ClN2O2S/c1-3-16-11(15)9-5-13-10-7(2)4-8(17-12)6-14(9)10/h4-6H,3H2,1-2H3. The fraction of sp³-hybridized carbons (Fsp3) is 0.273. The van der Waals surface area contributed by atoms with E-state index in [9.17, 15) is 4.79 Å².